The number of amides is 1. The van der Waals surface area contributed by atoms with Crippen LogP contribution in [-0.2, 0) is 11.3 Å². The van der Waals surface area contributed by atoms with Gasteiger partial charge in [0.2, 0.25) is 5.91 Å². The van der Waals surface area contributed by atoms with Gasteiger partial charge < -0.3 is 10.2 Å². The third-order valence-corrected chi connectivity index (χ3v) is 2.87. The van der Waals surface area contributed by atoms with Gasteiger partial charge in [0.05, 0.1) is 11.7 Å². The standard InChI is InChI=1S/C13H22N4O/c1-5-17(6-2)13(18)10(3)15-9-12-7-8-14-11(4)16-12/h7-8,10,15H,5-6,9H2,1-4H3. The molecule has 1 atom stereocenters. The first-order valence-corrected chi connectivity index (χ1v) is 6.39. The lowest BCUT2D eigenvalue weighted by Gasteiger charge is -2.23. The number of hydrogen-bond acceptors (Lipinski definition) is 4. The fourth-order valence-corrected chi connectivity index (χ4v) is 1.76. The van der Waals surface area contributed by atoms with Crippen molar-refractivity contribution in [2.45, 2.75) is 40.3 Å². The van der Waals surface area contributed by atoms with E-state index in [1.807, 2.05) is 38.7 Å². The lowest BCUT2D eigenvalue weighted by Crippen LogP contribution is -2.44. The second-order valence-electron chi connectivity index (χ2n) is 4.21. The van der Waals surface area contributed by atoms with Gasteiger partial charge in [-0.3, -0.25) is 4.79 Å². The zero-order valence-electron chi connectivity index (χ0n) is 11.6. The van der Waals surface area contributed by atoms with Crippen molar-refractivity contribution in [1.82, 2.24) is 20.2 Å². The first kappa shape index (κ1) is 14.6. The Hall–Kier alpha value is -1.49. The van der Waals surface area contributed by atoms with Crippen LogP contribution in [0.1, 0.15) is 32.3 Å². The Morgan fingerprint density at radius 2 is 2.11 bits per heavy atom. The lowest BCUT2D eigenvalue weighted by molar-refractivity contribution is -0.132. The molecule has 1 rings (SSSR count). The van der Waals surface area contributed by atoms with Crippen LogP contribution in [0.4, 0.5) is 0 Å². The van der Waals surface area contributed by atoms with E-state index in [-0.39, 0.29) is 11.9 Å². The van der Waals surface area contributed by atoms with Crippen LogP contribution in [0.25, 0.3) is 0 Å². The first-order chi connectivity index (χ1) is 8.58. The number of carbonyl (C=O) groups excluding carboxylic acids is 1. The Morgan fingerprint density at radius 1 is 1.44 bits per heavy atom. The molecule has 1 heterocycles. The second-order valence-corrected chi connectivity index (χ2v) is 4.21. The summed E-state index contributed by atoms with van der Waals surface area (Å²) in [5.41, 5.74) is 0.904. The van der Waals surface area contributed by atoms with Crippen molar-refractivity contribution in [3.63, 3.8) is 0 Å². The Kier molecular flexibility index (Phi) is 5.71. The molecule has 0 radical (unpaired) electrons. The number of likely N-dealkylation sites (N-methyl/N-ethyl adjacent to an activating group) is 1. The van der Waals surface area contributed by atoms with Crippen molar-refractivity contribution in [2.75, 3.05) is 13.1 Å². The van der Waals surface area contributed by atoms with Crippen molar-refractivity contribution in [1.29, 1.82) is 0 Å². The molecule has 0 aliphatic heterocycles. The molecule has 1 N–H and O–H groups in total. The van der Waals surface area contributed by atoms with Gasteiger partial charge in [-0.25, -0.2) is 9.97 Å². The van der Waals surface area contributed by atoms with E-state index in [1.165, 1.54) is 0 Å². The zero-order chi connectivity index (χ0) is 13.5. The number of aromatic nitrogens is 2. The molecule has 100 valence electrons. The fraction of sp³-hybridized carbons (Fsp3) is 0.615. The van der Waals surface area contributed by atoms with Gasteiger partial charge in [-0.1, -0.05) is 0 Å². The van der Waals surface area contributed by atoms with Gasteiger partial charge in [0, 0.05) is 25.8 Å². The van der Waals surface area contributed by atoms with Gasteiger partial charge in [0.15, 0.2) is 0 Å². The van der Waals surface area contributed by atoms with E-state index >= 15 is 0 Å². The summed E-state index contributed by atoms with van der Waals surface area (Å²) < 4.78 is 0. The monoisotopic (exact) mass is 250 g/mol. The average molecular weight is 250 g/mol. The fourth-order valence-electron chi connectivity index (χ4n) is 1.76. The predicted molar refractivity (Wildman–Crippen MR) is 71.0 cm³/mol. The van der Waals surface area contributed by atoms with Crippen molar-refractivity contribution in [2.24, 2.45) is 0 Å². The molecule has 1 aromatic rings. The van der Waals surface area contributed by atoms with E-state index in [0.29, 0.717) is 6.54 Å². The van der Waals surface area contributed by atoms with Crippen molar-refractivity contribution < 1.29 is 4.79 Å². The summed E-state index contributed by atoms with van der Waals surface area (Å²) >= 11 is 0. The van der Waals surface area contributed by atoms with Gasteiger partial charge in [-0.15, -0.1) is 0 Å². The van der Waals surface area contributed by atoms with E-state index < -0.39 is 0 Å². The van der Waals surface area contributed by atoms with Crippen LogP contribution in [0.2, 0.25) is 0 Å². The van der Waals surface area contributed by atoms with Gasteiger partial charge >= 0.3 is 0 Å². The normalized spacial score (nSPS) is 12.2. The van der Waals surface area contributed by atoms with Crippen LogP contribution < -0.4 is 5.32 Å². The Balaban J connectivity index is 2.50. The molecule has 0 bridgehead atoms. The highest BCUT2D eigenvalue weighted by Gasteiger charge is 2.17. The van der Waals surface area contributed by atoms with Crippen molar-refractivity contribution in [3.8, 4) is 0 Å². The third-order valence-electron chi connectivity index (χ3n) is 2.87. The molecular formula is C13H22N4O. The van der Waals surface area contributed by atoms with E-state index in [2.05, 4.69) is 15.3 Å². The number of nitrogens with zero attached hydrogens (tertiary/aromatic N) is 3. The highest BCUT2D eigenvalue weighted by molar-refractivity contribution is 5.81. The van der Waals surface area contributed by atoms with E-state index in [0.717, 1.165) is 24.6 Å². The van der Waals surface area contributed by atoms with E-state index in [4.69, 9.17) is 0 Å². The van der Waals surface area contributed by atoms with Crippen molar-refractivity contribution >= 4 is 5.91 Å². The summed E-state index contributed by atoms with van der Waals surface area (Å²) in [7, 11) is 0. The maximum Gasteiger partial charge on any atom is 0.239 e. The lowest BCUT2D eigenvalue weighted by atomic mass is 10.2. The van der Waals surface area contributed by atoms with Gasteiger partial charge in [0.1, 0.15) is 5.82 Å². The van der Waals surface area contributed by atoms with Crippen LogP contribution >= 0.6 is 0 Å². The molecule has 0 fully saturated rings. The highest BCUT2D eigenvalue weighted by Crippen LogP contribution is 1.98. The number of rotatable bonds is 6. The van der Waals surface area contributed by atoms with Crippen molar-refractivity contribution in [3.05, 3.63) is 23.8 Å². The molecule has 1 amide bonds. The summed E-state index contributed by atoms with van der Waals surface area (Å²) in [4.78, 5) is 22.2. The molecule has 5 nitrogen and oxygen atoms in total. The summed E-state index contributed by atoms with van der Waals surface area (Å²) in [6, 6.07) is 1.66. The Bertz CT molecular complexity index is 390. The van der Waals surface area contributed by atoms with Gasteiger partial charge in [0.25, 0.3) is 0 Å². The maximum atomic E-state index is 12.0. The van der Waals surface area contributed by atoms with Crippen LogP contribution in [0, 0.1) is 6.92 Å². The topological polar surface area (TPSA) is 58.1 Å². The van der Waals surface area contributed by atoms with Crippen LogP contribution in [0.15, 0.2) is 12.3 Å². The second kappa shape index (κ2) is 7.06. The van der Waals surface area contributed by atoms with Gasteiger partial charge in [-0.05, 0) is 33.8 Å². The molecule has 0 aromatic carbocycles. The largest absolute Gasteiger partial charge is 0.342 e. The predicted octanol–water partition coefficient (Wildman–Crippen LogP) is 1.13. The Morgan fingerprint density at radius 3 is 2.67 bits per heavy atom. The van der Waals surface area contributed by atoms with Gasteiger partial charge in [-0.2, -0.15) is 0 Å². The van der Waals surface area contributed by atoms with Crippen LogP contribution in [0.3, 0.4) is 0 Å². The smallest absolute Gasteiger partial charge is 0.239 e. The average Bonchev–Trinajstić information content (AvgIpc) is 2.37. The first-order valence-electron chi connectivity index (χ1n) is 6.39. The molecule has 18 heavy (non-hydrogen) atoms. The number of carbonyl (C=O) groups is 1. The summed E-state index contributed by atoms with van der Waals surface area (Å²) in [6.45, 7) is 9.78. The zero-order valence-corrected chi connectivity index (χ0v) is 11.6. The molecule has 0 saturated heterocycles. The summed E-state index contributed by atoms with van der Waals surface area (Å²) in [5.74, 6) is 0.878. The van der Waals surface area contributed by atoms with Crippen LogP contribution in [0.5, 0.6) is 0 Å². The molecule has 0 aliphatic rings. The molecule has 0 spiro atoms. The molecule has 1 aromatic heterocycles. The Labute approximate surface area is 109 Å². The minimum Gasteiger partial charge on any atom is -0.342 e. The van der Waals surface area contributed by atoms with E-state index in [9.17, 15) is 4.79 Å². The van der Waals surface area contributed by atoms with E-state index in [1.54, 1.807) is 6.20 Å². The molecule has 0 aliphatic carbocycles. The van der Waals surface area contributed by atoms with Crippen LogP contribution in [-0.4, -0.2) is 39.9 Å². The molecular weight excluding hydrogens is 228 g/mol. The minimum absolute atomic E-state index is 0.130. The quantitative estimate of drug-likeness (QED) is 0.822. The third kappa shape index (κ3) is 4.07. The summed E-state index contributed by atoms with van der Waals surface area (Å²) in [5, 5.41) is 3.19. The highest BCUT2D eigenvalue weighted by atomic mass is 16.2. The number of aryl methyl sites for hydroxylation is 1. The minimum atomic E-state index is -0.194. The number of nitrogens with one attached hydrogen (secondary N) is 1. The number of hydrogen-bond donors (Lipinski definition) is 1. The molecule has 1 unspecified atom stereocenters. The molecule has 0 saturated carbocycles. The maximum absolute atomic E-state index is 12.0. The SMILES string of the molecule is CCN(CC)C(=O)C(C)NCc1ccnc(C)n1. The summed E-state index contributed by atoms with van der Waals surface area (Å²) in [6.07, 6.45) is 1.73. The molecule has 5 heteroatoms.